The molecule has 1 fully saturated rings. The van der Waals surface area contributed by atoms with Gasteiger partial charge in [-0.1, -0.05) is 13.0 Å². The summed E-state index contributed by atoms with van der Waals surface area (Å²) < 4.78 is 51.9. The van der Waals surface area contributed by atoms with Gasteiger partial charge in [0, 0.05) is 32.1 Å². The summed E-state index contributed by atoms with van der Waals surface area (Å²) in [4.78, 5) is 25.3. The molecule has 1 amide bonds. The minimum Gasteiger partial charge on any atom is -0.338 e. The van der Waals surface area contributed by atoms with Gasteiger partial charge in [0.25, 0.3) is 0 Å². The van der Waals surface area contributed by atoms with Crippen LogP contribution in [0.2, 0.25) is 0 Å². The highest BCUT2D eigenvalue weighted by Crippen LogP contribution is 2.45. The maximum absolute atomic E-state index is 14.5. The number of aromatic nitrogens is 4. The molecule has 2 atom stereocenters. The number of halogens is 2. The van der Waals surface area contributed by atoms with Gasteiger partial charge in [0.15, 0.2) is 0 Å². The topological polar surface area (TPSA) is 109 Å². The predicted octanol–water partition coefficient (Wildman–Crippen LogP) is 3.11. The number of hydrogen-bond acceptors (Lipinski definition) is 8. The first-order valence-electron chi connectivity index (χ1n) is 12.8. The Morgan fingerprint density at radius 2 is 1.87 bits per heavy atom. The lowest BCUT2D eigenvalue weighted by molar-refractivity contribution is -0.130. The molecule has 1 aromatic carbocycles. The van der Waals surface area contributed by atoms with E-state index < -0.39 is 26.9 Å². The van der Waals surface area contributed by atoms with Crippen LogP contribution in [0.5, 0.6) is 0 Å². The Hall–Kier alpha value is -3.54. The molecule has 2 aliphatic rings. The van der Waals surface area contributed by atoms with E-state index in [0.29, 0.717) is 30.4 Å². The van der Waals surface area contributed by atoms with E-state index in [1.165, 1.54) is 18.2 Å². The van der Waals surface area contributed by atoms with Crippen LogP contribution in [0.4, 0.5) is 14.7 Å². The summed E-state index contributed by atoms with van der Waals surface area (Å²) in [7, 11) is -3.17. The van der Waals surface area contributed by atoms with Gasteiger partial charge in [-0.25, -0.2) is 27.2 Å². The smallest absolute Gasteiger partial charge is 0.242 e. The molecule has 0 bridgehead atoms. The van der Waals surface area contributed by atoms with Crippen molar-refractivity contribution in [1.29, 1.82) is 0 Å². The Bertz CT molecular complexity index is 1520. The molecule has 1 aliphatic heterocycles. The highest BCUT2D eigenvalue weighted by Gasteiger charge is 2.40. The van der Waals surface area contributed by atoms with Gasteiger partial charge >= 0.3 is 0 Å². The van der Waals surface area contributed by atoms with Crippen LogP contribution in [-0.4, -0.2) is 77.6 Å². The first kappa shape index (κ1) is 27.0. The summed E-state index contributed by atoms with van der Waals surface area (Å²) in [6.45, 7) is 5.14. The fourth-order valence-corrected chi connectivity index (χ4v) is 5.86. The molecule has 0 spiro atoms. The van der Waals surface area contributed by atoms with E-state index in [4.69, 9.17) is 4.98 Å². The Labute approximate surface area is 226 Å². The van der Waals surface area contributed by atoms with Crippen LogP contribution in [0.1, 0.15) is 49.6 Å². The molecule has 1 aliphatic carbocycles. The second kappa shape index (κ2) is 10.2. The van der Waals surface area contributed by atoms with E-state index in [9.17, 15) is 22.0 Å². The lowest BCUT2D eigenvalue weighted by Gasteiger charge is -2.38. The highest BCUT2D eigenvalue weighted by atomic mass is 32.2. The van der Waals surface area contributed by atoms with Crippen LogP contribution in [0.15, 0.2) is 36.5 Å². The predicted molar refractivity (Wildman–Crippen MR) is 142 cm³/mol. The van der Waals surface area contributed by atoms with Gasteiger partial charge in [-0.05, 0) is 55.5 Å². The minimum absolute atomic E-state index is 0.0505. The van der Waals surface area contributed by atoms with Crippen molar-refractivity contribution >= 4 is 21.7 Å². The van der Waals surface area contributed by atoms with Gasteiger partial charge in [-0.2, -0.15) is 5.10 Å². The van der Waals surface area contributed by atoms with Crippen molar-refractivity contribution in [1.82, 2.24) is 25.1 Å². The summed E-state index contributed by atoms with van der Waals surface area (Å²) in [5.41, 5.74) is 1.61. The number of piperazine rings is 1. The van der Waals surface area contributed by atoms with E-state index >= 15 is 0 Å². The number of amides is 1. The zero-order valence-electron chi connectivity index (χ0n) is 22.1. The number of nitrogens with zero attached hydrogens (tertiary/aromatic N) is 6. The fourth-order valence-electron chi connectivity index (χ4n) is 5.30. The number of anilines is 1. The zero-order valence-corrected chi connectivity index (χ0v) is 22.9. The maximum atomic E-state index is 14.5. The van der Waals surface area contributed by atoms with Gasteiger partial charge in [-0.3, -0.25) is 4.79 Å². The standard InChI is InChI=1S/C27H30F2N6O3S/c1-17-7-9-27(2,25-18(17)15-21(32-33-25)24-19(28)5-4-6-20(24)29)22-8-10-30-26(31-22)35-12-11-34(23(36)16-35)13-14-39(3,37)38/h4-6,8,10,15,17H,7,9,11-14,16H2,1-3H3/t17-,27+/m0/s1. The minimum atomic E-state index is -3.17. The van der Waals surface area contributed by atoms with Crippen molar-refractivity contribution in [2.24, 2.45) is 0 Å². The number of carbonyl (C=O) groups is 1. The number of benzene rings is 1. The summed E-state index contributed by atoms with van der Waals surface area (Å²) in [6.07, 6.45) is 4.35. The third kappa shape index (κ3) is 5.34. The number of rotatable bonds is 6. The van der Waals surface area contributed by atoms with Gasteiger partial charge < -0.3 is 9.80 Å². The summed E-state index contributed by atoms with van der Waals surface area (Å²) in [5.74, 6) is -1.13. The van der Waals surface area contributed by atoms with E-state index in [2.05, 4.69) is 22.1 Å². The molecule has 39 heavy (non-hydrogen) atoms. The van der Waals surface area contributed by atoms with Crippen molar-refractivity contribution in [3.8, 4) is 11.3 Å². The largest absolute Gasteiger partial charge is 0.338 e. The third-order valence-corrected chi connectivity index (χ3v) is 8.64. The zero-order chi connectivity index (χ0) is 27.9. The Morgan fingerprint density at radius 3 is 2.56 bits per heavy atom. The van der Waals surface area contributed by atoms with Crippen LogP contribution < -0.4 is 4.90 Å². The number of fused-ring (bicyclic) bond motifs is 1. The monoisotopic (exact) mass is 556 g/mol. The third-order valence-electron chi connectivity index (χ3n) is 7.71. The maximum Gasteiger partial charge on any atom is 0.242 e. The average molecular weight is 557 g/mol. The van der Waals surface area contributed by atoms with Crippen molar-refractivity contribution in [3.63, 3.8) is 0 Å². The Kier molecular flexibility index (Phi) is 7.08. The fraction of sp³-hybridized carbons (Fsp3) is 0.444. The molecule has 0 unspecified atom stereocenters. The normalized spacial score (nSPS) is 21.7. The molecule has 5 rings (SSSR count). The van der Waals surface area contributed by atoms with Crippen LogP contribution in [-0.2, 0) is 20.0 Å². The first-order chi connectivity index (χ1) is 18.5. The molecular formula is C27H30F2N6O3S. The summed E-state index contributed by atoms with van der Waals surface area (Å²) in [5, 5.41) is 8.72. The van der Waals surface area contributed by atoms with Crippen LogP contribution in [0.3, 0.4) is 0 Å². The summed E-state index contributed by atoms with van der Waals surface area (Å²) >= 11 is 0. The first-order valence-corrected chi connectivity index (χ1v) is 14.9. The van der Waals surface area contributed by atoms with Gasteiger partial charge in [0.05, 0.1) is 40.4 Å². The van der Waals surface area contributed by atoms with Crippen LogP contribution in [0.25, 0.3) is 11.3 Å². The molecule has 0 radical (unpaired) electrons. The highest BCUT2D eigenvalue weighted by molar-refractivity contribution is 7.90. The molecule has 3 heterocycles. The number of sulfone groups is 1. The lowest BCUT2D eigenvalue weighted by Crippen LogP contribution is -2.52. The van der Waals surface area contributed by atoms with Gasteiger partial charge in [0.1, 0.15) is 21.5 Å². The summed E-state index contributed by atoms with van der Waals surface area (Å²) in [6, 6.07) is 7.26. The second-order valence-corrected chi connectivity index (χ2v) is 12.8. The van der Waals surface area contributed by atoms with E-state index in [1.54, 1.807) is 22.1 Å². The molecule has 1 saturated heterocycles. The SMILES string of the molecule is C[C@H]1CC[C@](C)(c2ccnc(N3CCN(CCS(C)(=O)=O)C(=O)C3)n2)c2nnc(-c3c(F)cccc3F)cc21. The Balaban J connectivity index is 1.43. The van der Waals surface area contributed by atoms with Crippen molar-refractivity contribution < 1.29 is 22.0 Å². The molecule has 12 heteroatoms. The van der Waals surface area contributed by atoms with Gasteiger partial charge in [0.2, 0.25) is 11.9 Å². The van der Waals surface area contributed by atoms with Gasteiger partial charge in [-0.15, -0.1) is 5.10 Å². The quantitative estimate of drug-likeness (QED) is 0.456. The van der Waals surface area contributed by atoms with E-state index in [0.717, 1.165) is 24.7 Å². The molecule has 0 N–H and O–H groups in total. The molecule has 2 aromatic heterocycles. The number of hydrogen-bond donors (Lipinski definition) is 0. The van der Waals surface area contributed by atoms with Crippen LogP contribution >= 0.6 is 0 Å². The number of carbonyl (C=O) groups excluding carboxylic acids is 1. The van der Waals surface area contributed by atoms with Crippen LogP contribution in [0, 0.1) is 11.6 Å². The van der Waals surface area contributed by atoms with Crippen molar-refractivity contribution in [2.75, 3.05) is 43.1 Å². The molecule has 206 valence electrons. The molecular weight excluding hydrogens is 526 g/mol. The van der Waals surface area contributed by atoms with Crippen molar-refractivity contribution in [3.05, 3.63) is 65.1 Å². The van der Waals surface area contributed by atoms with E-state index in [1.807, 2.05) is 13.0 Å². The molecule has 9 nitrogen and oxygen atoms in total. The second-order valence-electron chi connectivity index (χ2n) is 10.6. The van der Waals surface area contributed by atoms with Crippen molar-refractivity contribution in [2.45, 2.75) is 38.0 Å². The average Bonchev–Trinajstić information content (AvgIpc) is 2.90. The lowest BCUT2D eigenvalue weighted by atomic mass is 9.69. The van der Waals surface area contributed by atoms with E-state index in [-0.39, 0.29) is 41.9 Å². The molecule has 0 saturated carbocycles. The molecule has 3 aromatic rings. The Morgan fingerprint density at radius 1 is 1.13 bits per heavy atom.